The number of ether oxygens (including phenoxy) is 2. The molecule has 2 aromatic carbocycles. The quantitative estimate of drug-likeness (QED) is 0.718. The maximum absolute atomic E-state index is 12.3. The summed E-state index contributed by atoms with van der Waals surface area (Å²) in [6.45, 7) is 4.53. The highest BCUT2D eigenvalue weighted by atomic mass is 16.5. The molecule has 22 heavy (non-hydrogen) atoms. The lowest BCUT2D eigenvalue weighted by atomic mass is 10.0. The van der Waals surface area contributed by atoms with Crippen molar-refractivity contribution in [2.75, 3.05) is 13.7 Å². The molecule has 0 unspecified atom stereocenters. The fraction of sp³-hybridized carbons (Fsp3) is 0.316. The van der Waals surface area contributed by atoms with Gasteiger partial charge in [0.1, 0.15) is 11.5 Å². The highest BCUT2D eigenvalue weighted by molar-refractivity contribution is 5.96. The number of rotatable bonds is 7. The highest BCUT2D eigenvalue weighted by Gasteiger charge is 2.08. The monoisotopic (exact) mass is 298 g/mol. The molecule has 0 amide bonds. The van der Waals surface area contributed by atoms with E-state index >= 15 is 0 Å². The van der Waals surface area contributed by atoms with E-state index in [0.717, 1.165) is 22.6 Å². The van der Waals surface area contributed by atoms with Gasteiger partial charge in [0.25, 0.3) is 0 Å². The molecule has 0 aromatic heterocycles. The van der Waals surface area contributed by atoms with E-state index in [1.165, 1.54) is 0 Å². The number of hydrogen-bond donors (Lipinski definition) is 0. The number of carbonyl (C=O) groups excluding carboxylic acids is 1. The van der Waals surface area contributed by atoms with Gasteiger partial charge in [-0.05, 0) is 49.6 Å². The first kappa shape index (κ1) is 16.1. The molecule has 0 spiro atoms. The van der Waals surface area contributed by atoms with E-state index in [1.807, 2.05) is 56.3 Å². The first-order valence-corrected chi connectivity index (χ1v) is 7.53. The SMILES string of the molecule is CCOc1cccc(C(=O)CCc2ccc(C)c(OC)c2)c1. The summed E-state index contributed by atoms with van der Waals surface area (Å²) in [4.78, 5) is 12.3. The van der Waals surface area contributed by atoms with Crippen molar-refractivity contribution in [1.29, 1.82) is 0 Å². The third-order valence-corrected chi connectivity index (χ3v) is 3.58. The van der Waals surface area contributed by atoms with E-state index in [-0.39, 0.29) is 5.78 Å². The highest BCUT2D eigenvalue weighted by Crippen LogP contribution is 2.21. The predicted molar refractivity (Wildman–Crippen MR) is 88.0 cm³/mol. The van der Waals surface area contributed by atoms with Crippen molar-refractivity contribution in [3.8, 4) is 11.5 Å². The fourth-order valence-electron chi connectivity index (χ4n) is 2.35. The van der Waals surface area contributed by atoms with Gasteiger partial charge in [-0.2, -0.15) is 0 Å². The fourth-order valence-corrected chi connectivity index (χ4v) is 2.35. The molecule has 0 radical (unpaired) electrons. The number of methoxy groups -OCH3 is 1. The van der Waals surface area contributed by atoms with Crippen LogP contribution in [0.4, 0.5) is 0 Å². The average Bonchev–Trinajstić information content (AvgIpc) is 2.54. The Morgan fingerprint density at radius 1 is 1.14 bits per heavy atom. The summed E-state index contributed by atoms with van der Waals surface area (Å²) in [6, 6.07) is 13.4. The minimum Gasteiger partial charge on any atom is -0.496 e. The second kappa shape index (κ2) is 7.64. The lowest BCUT2D eigenvalue weighted by molar-refractivity contribution is 0.0982. The van der Waals surface area contributed by atoms with Crippen LogP contribution in [0.1, 0.15) is 34.8 Å². The van der Waals surface area contributed by atoms with Crippen LogP contribution in [0, 0.1) is 6.92 Å². The van der Waals surface area contributed by atoms with Gasteiger partial charge in [-0.15, -0.1) is 0 Å². The van der Waals surface area contributed by atoms with E-state index in [0.29, 0.717) is 25.0 Å². The molecular formula is C19H22O3. The minimum absolute atomic E-state index is 0.126. The summed E-state index contributed by atoms with van der Waals surface area (Å²) in [5, 5.41) is 0. The zero-order valence-corrected chi connectivity index (χ0v) is 13.4. The van der Waals surface area contributed by atoms with Crippen molar-refractivity contribution in [1.82, 2.24) is 0 Å². The van der Waals surface area contributed by atoms with Gasteiger partial charge in [0.2, 0.25) is 0 Å². The summed E-state index contributed by atoms with van der Waals surface area (Å²) in [6.07, 6.45) is 1.18. The van der Waals surface area contributed by atoms with E-state index in [4.69, 9.17) is 9.47 Å². The Morgan fingerprint density at radius 3 is 2.68 bits per heavy atom. The second-order valence-corrected chi connectivity index (χ2v) is 5.19. The van der Waals surface area contributed by atoms with Gasteiger partial charge in [-0.25, -0.2) is 0 Å². The number of benzene rings is 2. The summed E-state index contributed by atoms with van der Waals surface area (Å²) in [7, 11) is 1.66. The molecule has 0 atom stereocenters. The molecule has 3 heteroatoms. The Bertz CT molecular complexity index is 647. The van der Waals surface area contributed by atoms with Gasteiger partial charge in [0.05, 0.1) is 13.7 Å². The van der Waals surface area contributed by atoms with Crippen LogP contribution in [-0.4, -0.2) is 19.5 Å². The standard InChI is InChI=1S/C19H22O3/c1-4-22-17-7-5-6-16(13-17)18(20)11-10-15-9-8-14(2)19(12-15)21-3/h5-9,12-13H,4,10-11H2,1-3H3. The average molecular weight is 298 g/mol. The van der Waals surface area contributed by atoms with Crippen molar-refractivity contribution >= 4 is 5.78 Å². The Labute approximate surface area is 131 Å². The second-order valence-electron chi connectivity index (χ2n) is 5.19. The van der Waals surface area contributed by atoms with Crippen LogP contribution >= 0.6 is 0 Å². The van der Waals surface area contributed by atoms with Gasteiger partial charge in [-0.1, -0.05) is 24.3 Å². The van der Waals surface area contributed by atoms with Crippen molar-refractivity contribution < 1.29 is 14.3 Å². The lowest BCUT2D eigenvalue weighted by Gasteiger charge is -2.08. The van der Waals surface area contributed by atoms with Crippen LogP contribution in [0.2, 0.25) is 0 Å². The van der Waals surface area contributed by atoms with Crippen LogP contribution in [0.15, 0.2) is 42.5 Å². The number of aryl methyl sites for hydroxylation is 2. The van der Waals surface area contributed by atoms with Crippen LogP contribution < -0.4 is 9.47 Å². The Morgan fingerprint density at radius 2 is 1.95 bits per heavy atom. The van der Waals surface area contributed by atoms with Crippen LogP contribution in [0.3, 0.4) is 0 Å². The van der Waals surface area contributed by atoms with Crippen molar-refractivity contribution in [3.63, 3.8) is 0 Å². The summed E-state index contributed by atoms with van der Waals surface area (Å²) < 4.78 is 10.8. The van der Waals surface area contributed by atoms with Gasteiger partial charge >= 0.3 is 0 Å². The molecule has 2 aromatic rings. The molecule has 0 heterocycles. The zero-order valence-electron chi connectivity index (χ0n) is 13.4. The summed E-state index contributed by atoms with van der Waals surface area (Å²) in [5.41, 5.74) is 2.91. The first-order chi connectivity index (χ1) is 10.6. The molecule has 0 saturated heterocycles. The van der Waals surface area contributed by atoms with E-state index in [1.54, 1.807) is 7.11 Å². The van der Waals surface area contributed by atoms with E-state index in [2.05, 4.69) is 0 Å². The maximum Gasteiger partial charge on any atom is 0.163 e. The van der Waals surface area contributed by atoms with E-state index < -0.39 is 0 Å². The van der Waals surface area contributed by atoms with Crippen molar-refractivity contribution in [2.45, 2.75) is 26.7 Å². The van der Waals surface area contributed by atoms with Gasteiger partial charge in [0.15, 0.2) is 5.78 Å². The van der Waals surface area contributed by atoms with Crippen molar-refractivity contribution in [2.24, 2.45) is 0 Å². The molecule has 0 saturated carbocycles. The molecular weight excluding hydrogens is 276 g/mol. The molecule has 0 fully saturated rings. The molecule has 0 N–H and O–H groups in total. The van der Waals surface area contributed by atoms with Gasteiger partial charge in [0, 0.05) is 12.0 Å². The minimum atomic E-state index is 0.126. The Balaban J connectivity index is 2.02. The van der Waals surface area contributed by atoms with Gasteiger partial charge in [-0.3, -0.25) is 4.79 Å². The zero-order chi connectivity index (χ0) is 15.9. The Hall–Kier alpha value is -2.29. The molecule has 0 aliphatic carbocycles. The van der Waals surface area contributed by atoms with Crippen molar-refractivity contribution in [3.05, 3.63) is 59.2 Å². The molecule has 2 rings (SSSR count). The largest absolute Gasteiger partial charge is 0.496 e. The number of ketones is 1. The molecule has 0 aliphatic heterocycles. The van der Waals surface area contributed by atoms with Gasteiger partial charge < -0.3 is 9.47 Å². The number of carbonyl (C=O) groups is 1. The maximum atomic E-state index is 12.3. The summed E-state index contributed by atoms with van der Waals surface area (Å²) >= 11 is 0. The van der Waals surface area contributed by atoms with E-state index in [9.17, 15) is 4.79 Å². The molecule has 3 nitrogen and oxygen atoms in total. The topological polar surface area (TPSA) is 35.5 Å². The summed E-state index contributed by atoms with van der Waals surface area (Å²) in [5.74, 6) is 1.73. The Kier molecular flexibility index (Phi) is 5.59. The van der Waals surface area contributed by atoms with Crippen LogP contribution in [0.25, 0.3) is 0 Å². The van der Waals surface area contributed by atoms with Crippen LogP contribution in [-0.2, 0) is 6.42 Å². The molecule has 0 aliphatic rings. The third-order valence-electron chi connectivity index (χ3n) is 3.58. The molecule has 0 bridgehead atoms. The smallest absolute Gasteiger partial charge is 0.163 e. The normalized spacial score (nSPS) is 10.3. The number of Topliss-reactive ketones (excluding diaryl/α,β-unsaturated/α-hetero) is 1. The molecule has 116 valence electrons. The lowest BCUT2D eigenvalue weighted by Crippen LogP contribution is -2.02. The predicted octanol–water partition coefficient (Wildman–Crippen LogP) is 4.22. The number of hydrogen-bond acceptors (Lipinski definition) is 3. The van der Waals surface area contributed by atoms with Crippen LogP contribution in [0.5, 0.6) is 11.5 Å². The third kappa shape index (κ3) is 4.10. The first-order valence-electron chi connectivity index (χ1n) is 7.53.